The summed E-state index contributed by atoms with van der Waals surface area (Å²) in [5.74, 6) is -0.791. The van der Waals surface area contributed by atoms with Gasteiger partial charge in [-0.05, 0) is 43.7 Å². The van der Waals surface area contributed by atoms with Crippen molar-refractivity contribution >= 4 is 5.69 Å². The molecule has 146 valence electrons. The Morgan fingerprint density at radius 1 is 1.11 bits per heavy atom. The zero-order chi connectivity index (χ0) is 19.5. The standard InChI is InChI=1S/C20H22F2N6/c21-16-2-1-3-17(22)20(16)28-11-14(9-27-28)19-18(10-24-12-26-19)25-8-13-4-6-15(23)7-5-13/h1-3,9-13,15,25H,4-8,23H2. The number of anilines is 1. The van der Waals surface area contributed by atoms with Crippen LogP contribution in [0.2, 0.25) is 0 Å². The molecule has 28 heavy (non-hydrogen) atoms. The zero-order valence-electron chi connectivity index (χ0n) is 15.4. The Labute approximate surface area is 161 Å². The van der Waals surface area contributed by atoms with Crippen LogP contribution in [0.25, 0.3) is 16.9 Å². The van der Waals surface area contributed by atoms with E-state index in [0.29, 0.717) is 23.2 Å². The van der Waals surface area contributed by atoms with E-state index < -0.39 is 11.6 Å². The highest BCUT2D eigenvalue weighted by Crippen LogP contribution is 2.28. The summed E-state index contributed by atoms with van der Waals surface area (Å²) in [5, 5.41) is 7.54. The van der Waals surface area contributed by atoms with Crippen LogP contribution in [-0.2, 0) is 0 Å². The number of benzene rings is 1. The molecule has 0 bridgehead atoms. The summed E-state index contributed by atoms with van der Waals surface area (Å²) >= 11 is 0. The maximum absolute atomic E-state index is 14.0. The van der Waals surface area contributed by atoms with Crippen molar-refractivity contribution in [3.63, 3.8) is 0 Å². The van der Waals surface area contributed by atoms with E-state index in [4.69, 9.17) is 5.73 Å². The molecule has 1 aliphatic carbocycles. The van der Waals surface area contributed by atoms with Gasteiger partial charge in [0.25, 0.3) is 0 Å². The quantitative estimate of drug-likeness (QED) is 0.703. The second-order valence-corrected chi connectivity index (χ2v) is 7.19. The molecule has 4 rings (SSSR count). The van der Waals surface area contributed by atoms with E-state index in [0.717, 1.165) is 37.9 Å². The minimum Gasteiger partial charge on any atom is -0.382 e. The van der Waals surface area contributed by atoms with Crippen molar-refractivity contribution in [3.05, 3.63) is 54.8 Å². The average Bonchev–Trinajstić information content (AvgIpc) is 3.17. The third kappa shape index (κ3) is 3.87. The number of nitrogens with one attached hydrogen (secondary N) is 1. The molecule has 2 heterocycles. The predicted octanol–water partition coefficient (Wildman–Crippen LogP) is 3.54. The summed E-state index contributed by atoms with van der Waals surface area (Å²) in [6, 6.07) is 4.04. The van der Waals surface area contributed by atoms with Crippen LogP contribution in [0.5, 0.6) is 0 Å². The van der Waals surface area contributed by atoms with Crippen molar-refractivity contribution in [2.75, 3.05) is 11.9 Å². The first-order valence-electron chi connectivity index (χ1n) is 9.40. The van der Waals surface area contributed by atoms with Gasteiger partial charge in [0.15, 0.2) is 11.6 Å². The lowest BCUT2D eigenvalue weighted by Gasteiger charge is -2.26. The molecular formula is C20H22F2N6. The van der Waals surface area contributed by atoms with E-state index in [1.165, 1.54) is 29.2 Å². The molecule has 3 aromatic rings. The molecule has 1 fully saturated rings. The van der Waals surface area contributed by atoms with Crippen molar-refractivity contribution in [2.45, 2.75) is 31.7 Å². The smallest absolute Gasteiger partial charge is 0.151 e. The van der Waals surface area contributed by atoms with Crippen molar-refractivity contribution in [1.82, 2.24) is 19.7 Å². The van der Waals surface area contributed by atoms with Gasteiger partial charge < -0.3 is 11.1 Å². The Morgan fingerprint density at radius 2 is 1.86 bits per heavy atom. The lowest BCUT2D eigenvalue weighted by Crippen LogP contribution is -2.29. The molecule has 0 saturated heterocycles. The van der Waals surface area contributed by atoms with Gasteiger partial charge in [0.05, 0.1) is 23.8 Å². The van der Waals surface area contributed by atoms with E-state index in [2.05, 4.69) is 20.4 Å². The fourth-order valence-corrected chi connectivity index (χ4v) is 3.61. The molecule has 6 nitrogen and oxygen atoms in total. The van der Waals surface area contributed by atoms with Gasteiger partial charge in [-0.2, -0.15) is 5.10 Å². The number of nitrogens with two attached hydrogens (primary N) is 1. The summed E-state index contributed by atoms with van der Waals surface area (Å²) in [4.78, 5) is 8.44. The van der Waals surface area contributed by atoms with Gasteiger partial charge in [-0.3, -0.25) is 0 Å². The normalized spacial score (nSPS) is 19.5. The summed E-state index contributed by atoms with van der Waals surface area (Å²) < 4.78 is 29.3. The molecule has 1 saturated carbocycles. The van der Waals surface area contributed by atoms with Gasteiger partial charge in [-0.25, -0.2) is 23.4 Å². The number of rotatable bonds is 5. The van der Waals surface area contributed by atoms with E-state index in [1.54, 1.807) is 18.6 Å². The van der Waals surface area contributed by atoms with Crippen LogP contribution in [0.3, 0.4) is 0 Å². The number of para-hydroxylation sites is 1. The Hall–Kier alpha value is -2.87. The largest absolute Gasteiger partial charge is 0.382 e. The Bertz CT molecular complexity index is 929. The topological polar surface area (TPSA) is 81.7 Å². The first kappa shape index (κ1) is 18.5. The lowest BCUT2D eigenvalue weighted by molar-refractivity contribution is 0.339. The maximum atomic E-state index is 14.0. The first-order chi connectivity index (χ1) is 13.6. The van der Waals surface area contributed by atoms with Gasteiger partial charge in [0.2, 0.25) is 0 Å². The fourth-order valence-electron chi connectivity index (χ4n) is 3.61. The summed E-state index contributed by atoms with van der Waals surface area (Å²) in [6.07, 6.45) is 10.5. The second kappa shape index (κ2) is 8.02. The third-order valence-electron chi connectivity index (χ3n) is 5.21. The maximum Gasteiger partial charge on any atom is 0.151 e. The van der Waals surface area contributed by atoms with Gasteiger partial charge >= 0.3 is 0 Å². The average molecular weight is 384 g/mol. The van der Waals surface area contributed by atoms with Gasteiger partial charge in [0.1, 0.15) is 12.0 Å². The summed E-state index contributed by atoms with van der Waals surface area (Å²) in [5.41, 5.74) is 7.83. The van der Waals surface area contributed by atoms with Crippen molar-refractivity contribution in [2.24, 2.45) is 11.7 Å². The molecular weight excluding hydrogens is 362 g/mol. The van der Waals surface area contributed by atoms with Gasteiger partial charge in [-0.15, -0.1) is 0 Å². The zero-order valence-corrected chi connectivity index (χ0v) is 15.4. The van der Waals surface area contributed by atoms with Crippen LogP contribution in [0.4, 0.5) is 14.5 Å². The highest BCUT2D eigenvalue weighted by Gasteiger charge is 2.19. The highest BCUT2D eigenvalue weighted by atomic mass is 19.1. The van der Waals surface area contributed by atoms with Crippen molar-refractivity contribution in [3.8, 4) is 16.9 Å². The fraction of sp³-hybridized carbons (Fsp3) is 0.350. The molecule has 3 N–H and O–H groups in total. The Morgan fingerprint density at radius 3 is 2.61 bits per heavy atom. The van der Waals surface area contributed by atoms with Crippen LogP contribution < -0.4 is 11.1 Å². The van der Waals surface area contributed by atoms with Crippen LogP contribution in [-0.4, -0.2) is 32.3 Å². The van der Waals surface area contributed by atoms with Gasteiger partial charge in [-0.1, -0.05) is 6.07 Å². The Kier molecular flexibility index (Phi) is 5.29. The number of aromatic nitrogens is 4. The minimum absolute atomic E-state index is 0.212. The summed E-state index contributed by atoms with van der Waals surface area (Å²) in [7, 11) is 0. The molecule has 1 aromatic carbocycles. The number of nitrogens with zero attached hydrogens (tertiary/aromatic N) is 4. The molecule has 0 radical (unpaired) electrons. The minimum atomic E-state index is -0.675. The van der Waals surface area contributed by atoms with E-state index in [9.17, 15) is 8.78 Å². The predicted molar refractivity (Wildman–Crippen MR) is 103 cm³/mol. The molecule has 1 aliphatic rings. The number of hydrogen-bond donors (Lipinski definition) is 2. The number of hydrogen-bond acceptors (Lipinski definition) is 5. The van der Waals surface area contributed by atoms with E-state index in [-0.39, 0.29) is 5.69 Å². The van der Waals surface area contributed by atoms with Gasteiger partial charge in [0, 0.05) is 24.3 Å². The van der Waals surface area contributed by atoms with Crippen molar-refractivity contribution in [1.29, 1.82) is 0 Å². The van der Waals surface area contributed by atoms with E-state index in [1.807, 2.05) is 0 Å². The third-order valence-corrected chi connectivity index (χ3v) is 5.21. The molecule has 0 aliphatic heterocycles. The van der Waals surface area contributed by atoms with Crippen LogP contribution >= 0.6 is 0 Å². The monoisotopic (exact) mass is 384 g/mol. The first-order valence-corrected chi connectivity index (χ1v) is 9.40. The van der Waals surface area contributed by atoms with Crippen LogP contribution in [0, 0.1) is 17.6 Å². The lowest BCUT2D eigenvalue weighted by atomic mass is 9.86. The molecule has 8 heteroatoms. The molecule has 0 atom stereocenters. The van der Waals surface area contributed by atoms with Crippen LogP contribution in [0.15, 0.2) is 43.1 Å². The second-order valence-electron chi connectivity index (χ2n) is 7.19. The molecule has 0 spiro atoms. The van der Waals surface area contributed by atoms with Crippen LogP contribution in [0.1, 0.15) is 25.7 Å². The van der Waals surface area contributed by atoms with E-state index >= 15 is 0 Å². The molecule has 2 aromatic heterocycles. The molecule has 0 amide bonds. The molecule has 0 unspecified atom stereocenters. The number of halogens is 2. The SMILES string of the molecule is NC1CCC(CNc2cncnc2-c2cnn(-c3c(F)cccc3F)c2)CC1. The van der Waals surface area contributed by atoms with Crippen molar-refractivity contribution < 1.29 is 8.78 Å². The summed E-state index contributed by atoms with van der Waals surface area (Å²) in [6.45, 7) is 0.809. The highest BCUT2D eigenvalue weighted by molar-refractivity contribution is 5.72. The Balaban J connectivity index is 1.55.